The quantitative estimate of drug-likeness (QED) is 0.486. The maximum Gasteiger partial charge on any atom is -0.0398 e. The van der Waals surface area contributed by atoms with Crippen molar-refractivity contribution in [3.63, 3.8) is 0 Å². The van der Waals surface area contributed by atoms with Crippen LogP contribution in [0.25, 0.3) is 0 Å². The van der Waals surface area contributed by atoms with Gasteiger partial charge in [-0.25, -0.2) is 0 Å². The number of benzene rings is 1. The number of hydrogen-bond acceptors (Lipinski definition) is 0. The molecule has 0 saturated heterocycles. The van der Waals surface area contributed by atoms with E-state index in [0.717, 1.165) is 0 Å². The summed E-state index contributed by atoms with van der Waals surface area (Å²) in [4.78, 5) is 0. The van der Waals surface area contributed by atoms with Gasteiger partial charge < -0.3 is 0 Å². The van der Waals surface area contributed by atoms with Crippen molar-refractivity contribution in [3.05, 3.63) is 35.4 Å². The van der Waals surface area contributed by atoms with Crippen LogP contribution in [-0.2, 0) is 0 Å². The molecule has 0 nitrogen and oxygen atoms in total. The van der Waals surface area contributed by atoms with Gasteiger partial charge in [-0.05, 0) is 13.8 Å². The molecule has 1 rings (SSSR count). The first-order chi connectivity index (χ1) is 8.70. The summed E-state index contributed by atoms with van der Waals surface area (Å²) in [6.45, 7) is 8.73. The third-order valence-electron chi connectivity index (χ3n) is 3.18. The number of rotatable bonds is 7. The zero-order valence-electron chi connectivity index (χ0n) is 13.0. The van der Waals surface area contributed by atoms with Crippen molar-refractivity contribution < 1.29 is 0 Å². The molecule has 0 radical (unpaired) electrons. The van der Waals surface area contributed by atoms with E-state index in [1.165, 1.54) is 62.5 Å². The summed E-state index contributed by atoms with van der Waals surface area (Å²) in [5, 5.41) is 0. The second-order valence-corrected chi connectivity index (χ2v) is 5.28. The Morgan fingerprint density at radius 2 is 0.833 bits per heavy atom. The highest BCUT2D eigenvalue weighted by Crippen LogP contribution is 2.07. The van der Waals surface area contributed by atoms with E-state index in [2.05, 4.69) is 52.0 Å². The van der Waals surface area contributed by atoms with Crippen molar-refractivity contribution in [2.24, 2.45) is 0 Å². The zero-order chi connectivity index (χ0) is 13.6. The molecule has 0 saturated carbocycles. The third kappa shape index (κ3) is 11.7. The molecule has 0 aliphatic heterocycles. The summed E-state index contributed by atoms with van der Waals surface area (Å²) in [6.07, 6.45) is 11.5. The third-order valence-corrected chi connectivity index (χ3v) is 3.18. The first-order valence-electron chi connectivity index (χ1n) is 7.74. The van der Waals surface area contributed by atoms with Gasteiger partial charge in [0.25, 0.3) is 0 Å². The Labute approximate surface area is 115 Å². The summed E-state index contributed by atoms with van der Waals surface area (Å²) in [7, 11) is 0. The number of aryl methyl sites for hydroxylation is 2. The fraction of sp³-hybridized carbons (Fsp3) is 0.667. The standard InChI is InChI=1S/C10H22.C8H10/c1-3-5-7-9-10-8-6-4-2;1-7-3-5-8(2)6-4-7/h3-10H2,1-2H3;3-6H,1-2H3. The zero-order valence-corrected chi connectivity index (χ0v) is 13.0. The molecule has 0 aliphatic carbocycles. The average Bonchev–Trinajstić information content (AvgIpc) is 2.38. The molecule has 1 aromatic carbocycles. The first kappa shape index (κ1) is 17.2. The molecule has 0 N–H and O–H groups in total. The van der Waals surface area contributed by atoms with Crippen molar-refractivity contribution in [2.45, 2.75) is 79.1 Å². The summed E-state index contributed by atoms with van der Waals surface area (Å²) < 4.78 is 0. The lowest BCUT2D eigenvalue weighted by molar-refractivity contribution is 0.585. The number of hydrogen-bond donors (Lipinski definition) is 0. The van der Waals surface area contributed by atoms with Gasteiger partial charge in [0.1, 0.15) is 0 Å². The maximum absolute atomic E-state index is 2.27. The Morgan fingerprint density at radius 1 is 0.556 bits per heavy atom. The molecule has 0 aromatic heterocycles. The van der Waals surface area contributed by atoms with Crippen LogP contribution in [0.4, 0.5) is 0 Å². The Morgan fingerprint density at radius 3 is 1.11 bits per heavy atom. The second kappa shape index (κ2) is 12.7. The SMILES string of the molecule is CCCCCCCCCC.Cc1ccc(C)cc1. The topological polar surface area (TPSA) is 0 Å². The fourth-order valence-corrected chi connectivity index (χ4v) is 1.84. The molecule has 0 heterocycles. The van der Waals surface area contributed by atoms with Crippen molar-refractivity contribution in [1.29, 1.82) is 0 Å². The van der Waals surface area contributed by atoms with Crippen LogP contribution in [0, 0.1) is 13.8 Å². The van der Waals surface area contributed by atoms with Gasteiger partial charge in [0, 0.05) is 0 Å². The van der Waals surface area contributed by atoms with Crippen molar-refractivity contribution in [3.8, 4) is 0 Å². The van der Waals surface area contributed by atoms with Gasteiger partial charge in [0.05, 0.1) is 0 Å². The predicted molar refractivity (Wildman–Crippen MR) is 84.2 cm³/mol. The van der Waals surface area contributed by atoms with Gasteiger partial charge in [-0.3, -0.25) is 0 Å². The van der Waals surface area contributed by atoms with E-state index < -0.39 is 0 Å². The molecule has 0 unspecified atom stereocenters. The van der Waals surface area contributed by atoms with Crippen LogP contribution in [-0.4, -0.2) is 0 Å². The van der Waals surface area contributed by atoms with Crippen molar-refractivity contribution in [2.75, 3.05) is 0 Å². The van der Waals surface area contributed by atoms with Gasteiger partial charge >= 0.3 is 0 Å². The first-order valence-corrected chi connectivity index (χ1v) is 7.74. The summed E-state index contributed by atoms with van der Waals surface area (Å²) in [5.41, 5.74) is 2.66. The van der Waals surface area contributed by atoms with Gasteiger partial charge in [0.2, 0.25) is 0 Å². The smallest absolute Gasteiger partial charge is 0.0398 e. The van der Waals surface area contributed by atoms with Crippen LogP contribution in [0.5, 0.6) is 0 Å². The van der Waals surface area contributed by atoms with E-state index in [1.54, 1.807) is 0 Å². The molecule has 0 bridgehead atoms. The minimum absolute atomic E-state index is 1.33. The average molecular weight is 248 g/mol. The Kier molecular flexibility index (Phi) is 12.1. The summed E-state index contributed by atoms with van der Waals surface area (Å²) in [5.74, 6) is 0. The number of unbranched alkanes of at least 4 members (excludes halogenated alkanes) is 7. The Balaban J connectivity index is 0.000000327. The minimum Gasteiger partial charge on any atom is -0.0654 e. The normalized spacial score (nSPS) is 9.78. The van der Waals surface area contributed by atoms with E-state index in [4.69, 9.17) is 0 Å². The molecule has 0 amide bonds. The second-order valence-electron chi connectivity index (χ2n) is 5.28. The minimum atomic E-state index is 1.33. The Bertz CT molecular complexity index is 229. The van der Waals surface area contributed by atoms with Crippen LogP contribution in [0.3, 0.4) is 0 Å². The van der Waals surface area contributed by atoms with Crippen molar-refractivity contribution in [1.82, 2.24) is 0 Å². The van der Waals surface area contributed by atoms with Crippen LogP contribution in [0.2, 0.25) is 0 Å². The van der Waals surface area contributed by atoms with Crippen molar-refractivity contribution >= 4 is 0 Å². The maximum atomic E-state index is 2.27. The van der Waals surface area contributed by atoms with Crippen LogP contribution in [0.1, 0.15) is 76.3 Å². The lowest BCUT2D eigenvalue weighted by atomic mass is 10.1. The van der Waals surface area contributed by atoms with Gasteiger partial charge in [-0.15, -0.1) is 0 Å². The molecule has 0 atom stereocenters. The van der Waals surface area contributed by atoms with Gasteiger partial charge in [-0.2, -0.15) is 0 Å². The van der Waals surface area contributed by atoms with E-state index in [9.17, 15) is 0 Å². The fourth-order valence-electron chi connectivity index (χ4n) is 1.84. The molecule has 104 valence electrons. The lowest BCUT2D eigenvalue weighted by Crippen LogP contribution is -1.77. The summed E-state index contributed by atoms with van der Waals surface area (Å²) >= 11 is 0. The Hall–Kier alpha value is -0.780. The molecule has 1 aromatic rings. The lowest BCUT2D eigenvalue weighted by Gasteiger charge is -1.97. The van der Waals surface area contributed by atoms with Crippen LogP contribution < -0.4 is 0 Å². The highest BCUT2D eigenvalue weighted by Gasteiger charge is 1.87. The van der Waals surface area contributed by atoms with E-state index in [1.807, 2.05) is 0 Å². The van der Waals surface area contributed by atoms with E-state index in [0.29, 0.717) is 0 Å². The van der Waals surface area contributed by atoms with Crippen LogP contribution in [0.15, 0.2) is 24.3 Å². The summed E-state index contributed by atoms with van der Waals surface area (Å²) in [6, 6.07) is 8.48. The highest BCUT2D eigenvalue weighted by molar-refractivity contribution is 5.19. The van der Waals surface area contributed by atoms with E-state index >= 15 is 0 Å². The highest BCUT2D eigenvalue weighted by atomic mass is 13.9. The predicted octanol–water partition coefficient (Wildman–Crippen LogP) is 6.45. The largest absolute Gasteiger partial charge is 0.0654 e. The molecule has 0 aliphatic rings. The molecular formula is C18H32. The molecular weight excluding hydrogens is 216 g/mol. The molecule has 0 fully saturated rings. The monoisotopic (exact) mass is 248 g/mol. The van der Waals surface area contributed by atoms with Crippen LogP contribution >= 0.6 is 0 Å². The van der Waals surface area contributed by atoms with E-state index in [-0.39, 0.29) is 0 Å². The van der Waals surface area contributed by atoms with Gasteiger partial charge in [-0.1, -0.05) is 101 Å². The molecule has 0 heteroatoms. The molecule has 0 spiro atoms. The molecule has 18 heavy (non-hydrogen) atoms. The van der Waals surface area contributed by atoms with Gasteiger partial charge in [0.15, 0.2) is 0 Å².